The zero-order chi connectivity index (χ0) is 50.7. The van der Waals surface area contributed by atoms with E-state index in [9.17, 15) is 14.4 Å². The van der Waals surface area contributed by atoms with Crippen LogP contribution in [0.4, 0.5) is 0 Å². The standard InChI is InChI=1S/C64H118O6/c1-4-7-10-13-16-19-22-25-26-27-28-29-30-31-32-33-34-35-36-37-38-40-42-45-48-51-54-57-63(66)69-60-61(59-68-62(65)56-53-50-47-44-41-24-21-18-15-12-9-6-3)70-64(67)58-55-52-49-46-43-39-23-20-17-14-11-8-5-2/h18,20-21,23,27-28,61H,4-17,19,22,24-26,29-60H2,1-3H3/b21-18-,23-20-,28-27-. The summed E-state index contributed by atoms with van der Waals surface area (Å²) in [5, 5.41) is 0. The second-order valence-electron chi connectivity index (χ2n) is 21.0. The van der Waals surface area contributed by atoms with E-state index in [1.807, 2.05) is 0 Å². The maximum Gasteiger partial charge on any atom is 0.306 e. The molecule has 0 aromatic heterocycles. The Kier molecular flexibility index (Phi) is 57.2. The van der Waals surface area contributed by atoms with Gasteiger partial charge in [-0.25, -0.2) is 0 Å². The Morgan fingerprint density at radius 1 is 0.271 bits per heavy atom. The maximum absolute atomic E-state index is 12.8. The number of rotatable bonds is 57. The van der Waals surface area contributed by atoms with Crippen LogP contribution in [-0.2, 0) is 28.6 Å². The van der Waals surface area contributed by atoms with Crippen molar-refractivity contribution in [2.24, 2.45) is 0 Å². The fourth-order valence-corrected chi connectivity index (χ4v) is 9.13. The predicted molar refractivity (Wildman–Crippen MR) is 302 cm³/mol. The third kappa shape index (κ3) is 56.5. The first-order valence-electron chi connectivity index (χ1n) is 31.0. The van der Waals surface area contributed by atoms with Crippen molar-refractivity contribution in [2.45, 2.75) is 341 Å². The summed E-state index contributed by atoms with van der Waals surface area (Å²) in [6, 6.07) is 0. The van der Waals surface area contributed by atoms with Gasteiger partial charge in [0.25, 0.3) is 0 Å². The molecule has 70 heavy (non-hydrogen) atoms. The summed E-state index contributed by atoms with van der Waals surface area (Å²) in [6.45, 7) is 6.63. The van der Waals surface area contributed by atoms with E-state index in [-0.39, 0.29) is 31.1 Å². The van der Waals surface area contributed by atoms with Crippen LogP contribution in [0.3, 0.4) is 0 Å². The van der Waals surface area contributed by atoms with Crippen molar-refractivity contribution in [3.05, 3.63) is 36.5 Å². The zero-order valence-corrected chi connectivity index (χ0v) is 47.1. The molecule has 6 nitrogen and oxygen atoms in total. The minimum absolute atomic E-state index is 0.0751. The van der Waals surface area contributed by atoms with Crippen molar-refractivity contribution in [3.63, 3.8) is 0 Å². The van der Waals surface area contributed by atoms with Gasteiger partial charge in [-0.2, -0.15) is 0 Å². The van der Waals surface area contributed by atoms with Gasteiger partial charge in [-0.05, 0) is 96.3 Å². The molecule has 0 aliphatic rings. The second kappa shape index (κ2) is 59.2. The second-order valence-corrected chi connectivity index (χ2v) is 21.0. The molecule has 0 fully saturated rings. The Morgan fingerprint density at radius 2 is 0.471 bits per heavy atom. The van der Waals surface area contributed by atoms with E-state index < -0.39 is 6.10 Å². The van der Waals surface area contributed by atoms with Gasteiger partial charge in [0.1, 0.15) is 13.2 Å². The molecule has 0 radical (unpaired) electrons. The van der Waals surface area contributed by atoms with Gasteiger partial charge in [-0.3, -0.25) is 14.4 Å². The van der Waals surface area contributed by atoms with Crippen LogP contribution >= 0.6 is 0 Å². The van der Waals surface area contributed by atoms with E-state index in [1.54, 1.807) is 0 Å². The first-order chi connectivity index (χ1) is 34.5. The van der Waals surface area contributed by atoms with Crippen molar-refractivity contribution < 1.29 is 28.6 Å². The number of carbonyl (C=O) groups excluding carboxylic acids is 3. The quantitative estimate of drug-likeness (QED) is 0.0261. The summed E-state index contributed by atoms with van der Waals surface area (Å²) >= 11 is 0. The van der Waals surface area contributed by atoms with E-state index in [0.717, 1.165) is 70.6 Å². The summed E-state index contributed by atoms with van der Waals surface area (Å²) < 4.78 is 16.9. The number of ether oxygens (including phenoxy) is 3. The SMILES string of the molecule is CCCCC/C=C\CCCCCCCC(=O)OCC(COC(=O)CCCCCCCCCCCCCCCCC/C=C\CCCCCCCCCC)OC(=O)CCCCCCC/C=C\CCCCCC. The molecule has 0 aromatic carbocycles. The van der Waals surface area contributed by atoms with Crippen LogP contribution in [0.25, 0.3) is 0 Å². The normalized spacial score (nSPS) is 12.2. The number of hydrogen-bond acceptors (Lipinski definition) is 6. The molecule has 0 spiro atoms. The summed E-state index contributed by atoms with van der Waals surface area (Å²) in [7, 11) is 0. The van der Waals surface area contributed by atoms with Gasteiger partial charge in [-0.1, -0.05) is 256 Å². The third-order valence-corrected chi connectivity index (χ3v) is 13.8. The van der Waals surface area contributed by atoms with Crippen LogP contribution < -0.4 is 0 Å². The van der Waals surface area contributed by atoms with Crippen molar-refractivity contribution in [2.75, 3.05) is 13.2 Å². The highest BCUT2D eigenvalue weighted by atomic mass is 16.6. The van der Waals surface area contributed by atoms with E-state index >= 15 is 0 Å². The molecule has 0 rings (SSSR count). The Balaban J connectivity index is 4.16. The molecular weight excluding hydrogens is 865 g/mol. The van der Waals surface area contributed by atoms with Crippen molar-refractivity contribution in [3.8, 4) is 0 Å². The highest BCUT2D eigenvalue weighted by Crippen LogP contribution is 2.17. The highest BCUT2D eigenvalue weighted by molar-refractivity contribution is 5.71. The number of hydrogen-bond donors (Lipinski definition) is 0. The number of esters is 3. The van der Waals surface area contributed by atoms with Crippen LogP contribution in [0.15, 0.2) is 36.5 Å². The van der Waals surface area contributed by atoms with Gasteiger partial charge in [0.05, 0.1) is 0 Å². The van der Waals surface area contributed by atoms with Crippen LogP contribution in [0, 0.1) is 0 Å². The van der Waals surface area contributed by atoms with E-state index in [2.05, 4.69) is 57.2 Å². The molecule has 1 unspecified atom stereocenters. The molecule has 0 aliphatic carbocycles. The van der Waals surface area contributed by atoms with Gasteiger partial charge >= 0.3 is 17.9 Å². The topological polar surface area (TPSA) is 78.9 Å². The van der Waals surface area contributed by atoms with E-state index in [1.165, 1.54) is 225 Å². The molecule has 1 atom stereocenters. The summed E-state index contributed by atoms with van der Waals surface area (Å²) in [4.78, 5) is 38.1. The maximum atomic E-state index is 12.8. The van der Waals surface area contributed by atoms with Gasteiger partial charge in [0.2, 0.25) is 0 Å². The lowest BCUT2D eigenvalue weighted by atomic mass is 10.0. The molecule has 0 heterocycles. The van der Waals surface area contributed by atoms with E-state index in [4.69, 9.17) is 14.2 Å². The van der Waals surface area contributed by atoms with E-state index in [0.29, 0.717) is 19.3 Å². The molecule has 0 amide bonds. The number of allylic oxidation sites excluding steroid dienone is 6. The molecular formula is C64H118O6. The molecule has 0 aromatic rings. The number of unbranched alkanes of at least 4 members (excludes halogenated alkanes) is 40. The average Bonchev–Trinajstić information content (AvgIpc) is 3.36. The third-order valence-electron chi connectivity index (χ3n) is 13.8. The van der Waals surface area contributed by atoms with Crippen LogP contribution in [0.1, 0.15) is 335 Å². The Labute approximate surface area is 435 Å². The summed E-state index contributed by atoms with van der Waals surface area (Å²) in [5.74, 6) is -0.877. The van der Waals surface area contributed by atoms with Gasteiger partial charge in [0, 0.05) is 19.3 Å². The minimum Gasteiger partial charge on any atom is -0.462 e. The molecule has 6 heteroatoms. The van der Waals surface area contributed by atoms with Crippen LogP contribution in [-0.4, -0.2) is 37.2 Å². The largest absolute Gasteiger partial charge is 0.462 e. The smallest absolute Gasteiger partial charge is 0.306 e. The molecule has 0 saturated heterocycles. The fraction of sp³-hybridized carbons (Fsp3) is 0.859. The first-order valence-corrected chi connectivity index (χ1v) is 31.0. The van der Waals surface area contributed by atoms with Gasteiger partial charge in [0.15, 0.2) is 6.10 Å². The Morgan fingerprint density at radius 3 is 0.757 bits per heavy atom. The van der Waals surface area contributed by atoms with Gasteiger partial charge < -0.3 is 14.2 Å². The fourth-order valence-electron chi connectivity index (χ4n) is 9.13. The molecule has 0 aliphatic heterocycles. The van der Waals surface area contributed by atoms with Crippen molar-refractivity contribution in [1.82, 2.24) is 0 Å². The lowest BCUT2D eigenvalue weighted by molar-refractivity contribution is -0.167. The molecule has 0 N–H and O–H groups in total. The van der Waals surface area contributed by atoms with Crippen LogP contribution in [0.5, 0.6) is 0 Å². The monoisotopic (exact) mass is 983 g/mol. The zero-order valence-electron chi connectivity index (χ0n) is 47.1. The lowest BCUT2D eigenvalue weighted by Gasteiger charge is -2.18. The Hall–Kier alpha value is -2.37. The molecule has 410 valence electrons. The average molecular weight is 984 g/mol. The Bertz CT molecular complexity index is 1170. The van der Waals surface area contributed by atoms with Crippen molar-refractivity contribution in [1.29, 1.82) is 0 Å². The number of carbonyl (C=O) groups is 3. The summed E-state index contributed by atoms with van der Waals surface area (Å²) in [5.41, 5.74) is 0. The summed E-state index contributed by atoms with van der Waals surface area (Å²) in [6.07, 6.45) is 71.6. The minimum atomic E-state index is -0.777. The molecule has 0 bridgehead atoms. The van der Waals surface area contributed by atoms with Crippen molar-refractivity contribution >= 4 is 17.9 Å². The van der Waals surface area contributed by atoms with Crippen LogP contribution in [0.2, 0.25) is 0 Å². The lowest BCUT2D eigenvalue weighted by Crippen LogP contribution is -2.30. The van der Waals surface area contributed by atoms with Gasteiger partial charge in [-0.15, -0.1) is 0 Å². The predicted octanol–water partition coefficient (Wildman–Crippen LogP) is 20.8. The first kappa shape index (κ1) is 67.6. The highest BCUT2D eigenvalue weighted by Gasteiger charge is 2.19. The molecule has 0 saturated carbocycles.